The summed E-state index contributed by atoms with van der Waals surface area (Å²) in [7, 11) is 1.96. The van der Waals surface area contributed by atoms with Crippen molar-refractivity contribution in [2.45, 2.75) is 0 Å². The summed E-state index contributed by atoms with van der Waals surface area (Å²) in [6, 6.07) is 13.8. The summed E-state index contributed by atoms with van der Waals surface area (Å²) >= 11 is 0. The molecule has 0 saturated carbocycles. The molecule has 21 heavy (non-hydrogen) atoms. The average Bonchev–Trinajstić information content (AvgIpc) is 2.84. The summed E-state index contributed by atoms with van der Waals surface area (Å²) in [5.41, 5.74) is 9.52. The van der Waals surface area contributed by atoms with Crippen LogP contribution in [0.3, 0.4) is 0 Å². The third-order valence-electron chi connectivity index (χ3n) is 3.65. The predicted molar refractivity (Wildman–Crippen MR) is 83.7 cm³/mol. The van der Waals surface area contributed by atoms with Gasteiger partial charge in [-0.25, -0.2) is 15.0 Å². The Morgan fingerprint density at radius 3 is 2.76 bits per heavy atom. The summed E-state index contributed by atoms with van der Waals surface area (Å²) in [6.07, 6.45) is 1.74. The second-order valence-electron chi connectivity index (χ2n) is 4.95. The molecule has 0 unspecified atom stereocenters. The molecule has 0 amide bonds. The zero-order chi connectivity index (χ0) is 14.4. The standard InChI is InChI=1S/C16H13N5/c1-21-13-7-4-8-18-15(13)20-16(21)11-9-10-5-2-3-6-12(10)19-14(11)17/h2-9H,1H3,(H2,17,19). The third kappa shape index (κ3) is 1.74. The van der Waals surface area contributed by atoms with Crippen molar-refractivity contribution in [1.29, 1.82) is 0 Å². The van der Waals surface area contributed by atoms with Crippen molar-refractivity contribution in [3.05, 3.63) is 48.7 Å². The van der Waals surface area contributed by atoms with E-state index in [1.807, 2.05) is 54.1 Å². The number of hydrogen-bond donors (Lipinski definition) is 1. The summed E-state index contributed by atoms with van der Waals surface area (Å²) in [6.45, 7) is 0. The van der Waals surface area contributed by atoms with Crippen LogP contribution in [0.2, 0.25) is 0 Å². The lowest BCUT2D eigenvalue weighted by Gasteiger charge is -2.07. The SMILES string of the molecule is Cn1c(-c2cc3ccccc3nc2N)nc2ncccc21. The van der Waals surface area contributed by atoms with E-state index in [0.717, 1.165) is 27.8 Å². The predicted octanol–water partition coefficient (Wildman–Crippen LogP) is 2.77. The number of nitrogen functional groups attached to an aromatic ring is 1. The van der Waals surface area contributed by atoms with Gasteiger partial charge in [-0.15, -0.1) is 0 Å². The first-order chi connectivity index (χ1) is 10.2. The Morgan fingerprint density at radius 1 is 1.05 bits per heavy atom. The zero-order valence-electron chi connectivity index (χ0n) is 11.5. The van der Waals surface area contributed by atoms with Crippen LogP contribution in [0.4, 0.5) is 5.82 Å². The summed E-state index contributed by atoms with van der Waals surface area (Å²) in [5, 5.41) is 1.04. The second kappa shape index (κ2) is 4.28. The van der Waals surface area contributed by atoms with E-state index in [2.05, 4.69) is 15.0 Å². The molecule has 0 bridgehead atoms. The fourth-order valence-corrected chi connectivity index (χ4v) is 2.58. The number of pyridine rings is 2. The van der Waals surface area contributed by atoms with Crippen molar-refractivity contribution >= 4 is 27.9 Å². The molecule has 4 rings (SSSR count). The first-order valence-electron chi connectivity index (χ1n) is 6.67. The number of fused-ring (bicyclic) bond motifs is 2. The van der Waals surface area contributed by atoms with E-state index in [0.29, 0.717) is 11.5 Å². The van der Waals surface area contributed by atoms with E-state index in [9.17, 15) is 0 Å². The first-order valence-corrected chi connectivity index (χ1v) is 6.67. The number of anilines is 1. The molecule has 0 spiro atoms. The molecule has 0 aliphatic rings. The molecule has 2 N–H and O–H groups in total. The Balaban J connectivity index is 2.03. The lowest BCUT2D eigenvalue weighted by atomic mass is 10.1. The number of nitrogens with zero attached hydrogens (tertiary/aromatic N) is 4. The van der Waals surface area contributed by atoms with Gasteiger partial charge in [0.15, 0.2) is 5.65 Å². The van der Waals surface area contributed by atoms with Gasteiger partial charge in [0.2, 0.25) is 0 Å². The van der Waals surface area contributed by atoms with E-state index in [-0.39, 0.29) is 0 Å². The Hall–Kier alpha value is -2.95. The molecule has 4 aromatic rings. The molecule has 0 saturated heterocycles. The lowest BCUT2D eigenvalue weighted by molar-refractivity contribution is 0.959. The molecule has 3 aromatic heterocycles. The minimum atomic E-state index is 0.479. The van der Waals surface area contributed by atoms with Gasteiger partial charge in [-0.3, -0.25) is 0 Å². The smallest absolute Gasteiger partial charge is 0.178 e. The largest absolute Gasteiger partial charge is 0.383 e. The summed E-state index contributed by atoms with van der Waals surface area (Å²) in [5.74, 6) is 1.26. The van der Waals surface area contributed by atoms with Crippen molar-refractivity contribution in [3.63, 3.8) is 0 Å². The minimum absolute atomic E-state index is 0.479. The van der Waals surface area contributed by atoms with Gasteiger partial charge in [-0.2, -0.15) is 0 Å². The van der Waals surface area contributed by atoms with Crippen LogP contribution in [0.1, 0.15) is 0 Å². The Morgan fingerprint density at radius 2 is 1.90 bits per heavy atom. The van der Waals surface area contributed by atoms with Crippen LogP contribution >= 0.6 is 0 Å². The quantitative estimate of drug-likeness (QED) is 0.580. The van der Waals surface area contributed by atoms with Crippen molar-refractivity contribution in [2.75, 3.05) is 5.73 Å². The number of para-hydroxylation sites is 1. The van der Waals surface area contributed by atoms with Crippen molar-refractivity contribution < 1.29 is 0 Å². The summed E-state index contributed by atoms with van der Waals surface area (Å²) < 4.78 is 1.99. The number of rotatable bonds is 1. The van der Waals surface area contributed by atoms with Gasteiger partial charge >= 0.3 is 0 Å². The Kier molecular flexibility index (Phi) is 2.41. The van der Waals surface area contributed by atoms with Gasteiger partial charge in [0.05, 0.1) is 16.6 Å². The molecule has 0 radical (unpaired) electrons. The molecule has 1 aromatic carbocycles. The van der Waals surface area contributed by atoms with E-state index in [1.54, 1.807) is 6.20 Å². The van der Waals surface area contributed by atoms with Crippen LogP contribution in [0, 0.1) is 0 Å². The van der Waals surface area contributed by atoms with Crippen molar-refractivity contribution in [1.82, 2.24) is 19.5 Å². The molecular weight excluding hydrogens is 262 g/mol. The van der Waals surface area contributed by atoms with Gasteiger partial charge in [-0.05, 0) is 24.3 Å². The molecule has 3 heterocycles. The number of aromatic nitrogens is 4. The molecule has 0 aliphatic heterocycles. The average molecular weight is 275 g/mol. The van der Waals surface area contributed by atoms with Gasteiger partial charge in [0.25, 0.3) is 0 Å². The molecule has 0 atom stereocenters. The third-order valence-corrected chi connectivity index (χ3v) is 3.65. The second-order valence-corrected chi connectivity index (χ2v) is 4.95. The normalized spacial score (nSPS) is 11.3. The van der Waals surface area contributed by atoms with Crippen molar-refractivity contribution in [2.24, 2.45) is 7.05 Å². The number of benzene rings is 1. The molecule has 0 fully saturated rings. The van der Waals surface area contributed by atoms with Crippen LogP contribution in [0.25, 0.3) is 33.5 Å². The number of nitrogens with two attached hydrogens (primary N) is 1. The minimum Gasteiger partial charge on any atom is -0.383 e. The first kappa shape index (κ1) is 11.8. The maximum Gasteiger partial charge on any atom is 0.178 e. The lowest BCUT2D eigenvalue weighted by Crippen LogP contribution is -1.99. The highest BCUT2D eigenvalue weighted by Crippen LogP contribution is 2.29. The maximum absolute atomic E-state index is 6.12. The number of hydrogen-bond acceptors (Lipinski definition) is 4. The molecule has 5 heteroatoms. The van der Waals surface area contributed by atoms with Gasteiger partial charge in [0.1, 0.15) is 11.6 Å². The fourth-order valence-electron chi connectivity index (χ4n) is 2.58. The number of imidazole rings is 1. The highest BCUT2D eigenvalue weighted by atomic mass is 15.1. The Labute approximate surface area is 121 Å². The molecule has 102 valence electrons. The van der Waals surface area contributed by atoms with Crippen LogP contribution < -0.4 is 5.73 Å². The van der Waals surface area contributed by atoms with E-state index < -0.39 is 0 Å². The molecule has 0 aliphatic carbocycles. The Bertz CT molecular complexity index is 971. The van der Waals surface area contributed by atoms with Gasteiger partial charge in [-0.1, -0.05) is 18.2 Å². The topological polar surface area (TPSA) is 69.6 Å². The fraction of sp³-hybridized carbons (Fsp3) is 0.0625. The van der Waals surface area contributed by atoms with E-state index in [1.165, 1.54) is 0 Å². The van der Waals surface area contributed by atoms with E-state index >= 15 is 0 Å². The van der Waals surface area contributed by atoms with Gasteiger partial charge < -0.3 is 10.3 Å². The van der Waals surface area contributed by atoms with Gasteiger partial charge in [0, 0.05) is 18.6 Å². The highest BCUT2D eigenvalue weighted by molar-refractivity contribution is 5.89. The van der Waals surface area contributed by atoms with Crippen LogP contribution in [-0.4, -0.2) is 19.5 Å². The highest BCUT2D eigenvalue weighted by Gasteiger charge is 2.14. The maximum atomic E-state index is 6.12. The van der Waals surface area contributed by atoms with E-state index in [4.69, 9.17) is 5.73 Å². The zero-order valence-corrected chi connectivity index (χ0v) is 11.5. The molecular formula is C16H13N5. The monoisotopic (exact) mass is 275 g/mol. The van der Waals surface area contributed by atoms with Crippen LogP contribution in [0.15, 0.2) is 48.7 Å². The summed E-state index contributed by atoms with van der Waals surface area (Å²) in [4.78, 5) is 13.3. The molecule has 5 nitrogen and oxygen atoms in total. The van der Waals surface area contributed by atoms with Crippen LogP contribution in [0.5, 0.6) is 0 Å². The number of aryl methyl sites for hydroxylation is 1. The van der Waals surface area contributed by atoms with Crippen molar-refractivity contribution in [3.8, 4) is 11.4 Å². The van der Waals surface area contributed by atoms with Crippen LogP contribution in [-0.2, 0) is 7.05 Å².